The fourth-order valence-corrected chi connectivity index (χ4v) is 5.24. The molecule has 0 bridgehead atoms. The third-order valence-electron chi connectivity index (χ3n) is 6.70. The Balaban J connectivity index is 1.85. The van der Waals surface area contributed by atoms with E-state index < -0.39 is 0 Å². The minimum absolute atomic E-state index is 0.0808. The molecule has 0 aromatic heterocycles. The van der Waals surface area contributed by atoms with Crippen LogP contribution in [0.1, 0.15) is 96.1 Å². The van der Waals surface area contributed by atoms with Crippen molar-refractivity contribution in [1.82, 2.24) is 0 Å². The number of methoxy groups -OCH3 is 1. The van der Waals surface area contributed by atoms with Crippen LogP contribution >= 0.6 is 0 Å². The van der Waals surface area contributed by atoms with Gasteiger partial charge in [0.05, 0.1) is 7.11 Å². The highest BCUT2D eigenvalue weighted by atomic mass is 16.5. The van der Waals surface area contributed by atoms with Crippen molar-refractivity contribution in [3.63, 3.8) is 0 Å². The molecule has 0 spiro atoms. The van der Waals surface area contributed by atoms with Gasteiger partial charge < -0.3 is 9.47 Å². The van der Waals surface area contributed by atoms with Crippen molar-refractivity contribution in [3.05, 3.63) is 23.3 Å². The molecule has 26 heavy (non-hydrogen) atoms. The van der Waals surface area contributed by atoms with Crippen LogP contribution in [-0.4, -0.2) is 12.7 Å². The highest BCUT2D eigenvalue weighted by Crippen LogP contribution is 2.55. The number of hydrogen-bond acceptors (Lipinski definition) is 2. The highest BCUT2D eigenvalue weighted by Gasteiger charge is 2.47. The van der Waals surface area contributed by atoms with Crippen LogP contribution in [0.5, 0.6) is 11.5 Å². The molecule has 2 nitrogen and oxygen atoms in total. The minimum Gasteiger partial charge on any atom is -0.496 e. The quantitative estimate of drug-likeness (QED) is 0.494. The molecule has 1 aliphatic heterocycles. The van der Waals surface area contributed by atoms with Crippen LogP contribution in [-0.2, 0) is 6.42 Å². The summed E-state index contributed by atoms with van der Waals surface area (Å²) < 4.78 is 12.4. The van der Waals surface area contributed by atoms with Crippen LogP contribution in [0, 0.1) is 11.8 Å². The van der Waals surface area contributed by atoms with Gasteiger partial charge >= 0.3 is 0 Å². The molecule has 3 atom stereocenters. The molecule has 3 rings (SSSR count). The first-order chi connectivity index (χ1) is 12.5. The Labute approximate surface area is 160 Å². The van der Waals surface area contributed by atoms with Gasteiger partial charge in [-0.3, -0.25) is 0 Å². The van der Waals surface area contributed by atoms with E-state index in [1.165, 1.54) is 62.5 Å². The number of rotatable bonds is 7. The summed E-state index contributed by atoms with van der Waals surface area (Å²) in [6.45, 7) is 9.24. The van der Waals surface area contributed by atoms with Gasteiger partial charge in [-0.05, 0) is 69.1 Å². The molecule has 1 aliphatic carbocycles. The zero-order valence-corrected chi connectivity index (χ0v) is 17.6. The lowest BCUT2D eigenvalue weighted by atomic mass is 9.64. The summed E-state index contributed by atoms with van der Waals surface area (Å²) in [5.41, 5.74) is 2.64. The number of aryl methyl sites for hydroxylation is 1. The van der Waals surface area contributed by atoms with Gasteiger partial charge in [0, 0.05) is 11.5 Å². The predicted octanol–water partition coefficient (Wildman–Crippen LogP) is 6.90. The molecule has 2 aliphatic rings. The number of unbranched alkanes of at least 4 members (excludes halogenated alkanes) is 4. The first-order valence-corrected chi connectivity index (χ1v) is 10.9. The van der Waals surface area contributed by atoms with E-state index in [9.17, 15) is 0 Å². The average Bonchev–Trinajstić information content (AvgIpc) is 2.60. The zero-order chi connectivity index (χ0) is 18.7. The van der Waals surface area contributed by atoms with Gasteiger partial charge in [-0.1, -0.05) is 46.0 Å². The van der Waals surface area contributed by atoms with Crippen LogP contribution in [0.3, 0.4) is 0 Å². The normalized spacial score (nSPS) is 26.6. The number of ether oxygens (including phenoxy) is 2. The summed E-state index contributed by atoms with van der Waals surface area (Å²) in [5.74, 6) is 4.12. The number of benzene rings is 1. The van der Waals surface area contributed by atoms with E-state index in [0.29, 0.717) is 11.8 Å². The monoisotopic (exact) mass is 358 g/mol. The van der Waals surface area contributed by atoms with Gasteiger partial charge in [0.1, 0.15) is 17.1 Å². The molecular formula is C24H38O2. The van der Waals surface area contributed by atoms with Crippen molar-refractivity contribution >= 4 is 0 Å². The number of hydrogen-bond donors (Lipinski definition) is 0. The lowest BCUT2D eigenvalue weighted by Gasteiger charge is -2.49. The van der Waals surface area contributed by atoms with Crippen molar-refractivity contribution in [2.75, 3.05) is 7.11 Å². The largest absolute Gasteiger partial charge is 0.496 e. The van der Waals surface area contributed by atoms with Gasteiger partial charge in [0.15, 0.2) is 0 Å². The van der Waals surface area contributed by atoms with Crippen LogP contribution in [0.2, 0.25) is 0 Å². The Hall–Kier alpha value is -1.18. The van der Waals surface area contributed by atoms with Crippen LogP contribution in [0.15, 0.2) is 12.1 Å². The smallest absolute Gasteiger partial charge is 0.127 e. The first-order valence-electron chi connectivity index (χ1n) is 10.9. The van der Waals surface area contributed by atoms with E-state index in [0.717, 1.165) is 23.8 Å². The SMILES string of the molecule is CCCCCCCc1cc(OC)c2c(c1)OC(C)(C)[C@@H]1CC[C@H](C)C[C@@H]21. The first kappa shape index (κ1) is 19.6. The molecule has 1 fully saturated rings. The molecule has 2 heteroatoms. The van der Waals surface area contributed by atoms with Crippen molar-refractivity contribution in [1.29, 1.82) is 0 Å². The van der Waals surface area contributed by atoms with E-state index in [1.807, 2.05) is 7.11 Å². The molecule has 0 saturated heterocycles. The highest BCUT2D eigenvalue weighted by molar-refractivity contribution is 5.52. The lowest BCUT2D eigenvalue weighted by molar-refractivity contribution is -0.0146. The van der Waals surface area contributed by atoms with Crippen LogP contribution in [0.25, 0.3) is 0 Å². The van der Waals surface area contributed by atoms with Gasteiger partial charge in [0.25, 0.3) is 0 Å². The summed E-state index contributed by atoms with van der Waals surface area (Å²) in [4.78, 5) is 0. The Bertz CT molecular complexity index is 604. The molecule has 1 aromatic carbocycles. The second-order valence-electron chi connectivity index (χ2n) is 9.21. The maximum absolute atomic E-state index is 6.57. The maximum atomic E-state index is 6.57. The predicted molar refractivity (Wildman–Crippen MR) is 109 cm³/mol. The lowest BCUT2D eigenvalue weighted by Crippen LogP contribution is -2.46. The molecule has 1 aromatic rings. The maximum Gasteiger partial charge on any atom is 0.127 e. The van der Waals surface area contributed by atoms with Crippen LogP contribution in [0.4, 0.5) is 0 Å². The van der Waals surface area contributed by atoms with Crippen molar-refractivity contribution in [3.8, 4) is 11.5 Å². The minimum atomic E-state index is -0.0808. The van der Waals surface area contributed by atoms with Gasteiger partial charge in [-0.25, -0.2) is 0 Å². The van der Waals surface area contributed by atoms with Crippen molar-refractivity contribution in [2.24, 2.45) is 11.8 Å². The summed E-state index contributed by atoms with van der Waals surface area (Å²) in [6.07, 6.45) is 11.6. The van der Waals surface area contributed by atoms with E-state index in [2.05, 4.69) is 39.8 Å². The van der Waals surface area contributed by atoms with Crippen molar-refractivity contribution < 1.29 is 9.47 Å². The zero-order valence-electron chi connectivity index (χ0n) is 17.6. The molecule has 0 amide bonds. The summed E-state index contributed by atoms with van der Waals surface area (Å²) in [7, 11) is 1.82. The van der Waals surface area contributed by atoms with E-state index in [4.69, 9.17) is 9.47 Å². The van der Waals surface area contributed by atoms with Crippen molar-refractivity contribution in [2.45, 2.75) is 97.0 Å². The van der Waals surface area contributed by atoms with Gasteiger partial charge in [-0.2, -0.15) is 0 Å². The Morgan fingerprint density at radius 3 is 2.62 bits per heavy atom. The third kappa shape index (κ3) is 4.05. The molecule has 0 N–H and O–H groups in total. The standard InChI is InChI=1S/C24H38O2/c1-6-7-8-9-10-11-18-15-21(25-5)23-19-14-17(2)12-13-20(19)24(3,4)26-22(23)16-18/h15-17,19-20H,6-14H2,1-5H3/t17-,19+,20+/m0/s1. The van der Waals surface area contributed by atoms with E-state index in [-0.39, 0.29) is 5.60 Å². The topological polar surface area (TPSA) is 18.5 Å². The molecule has 1 heterocycles. The summed E-state index contributed by atoms with van der Waals surface area (Å²) in [5, 5.41) is 0. The second kappa shape index (κ2) is 8.23. The Kier molecular flexibility index (Phi) is 6.20. The van der Waals surface area contributed by atoms with E-state index in [1.54, 1.807) is 0 Å². The summed E-state index contributed by atoms with van der Waals surface area (Å²) >= 11 is 0. The molecule has 146 valence electrons. The second-order valence-corrected chi connectivity index (χ2v) is 9.21. The van der Waals surface area contributed by atoms with Crippen LogP contribution < -0.4 is 9.47 Å². The van der Waals surface area contributed by atoms with Gasteiger partial charge in [-0.15, -0.1) is 0 Å². The molecule has 1 saturated carbocycles. The number of fused-ring (bicyclic) bond motifs is 3. The third-order valence-corrected chi connectivity index (χ3v) is 6.70. The Morgan fingerprint density at radius 1 is 1.12 bits per heavy atom. The fraction of sp³-hybridized carbons (Fsp3) is 0.750. The molecular weight excluding hydrogens is 320 g/mol. The molecule has 0 unspecified atom stereocenters. The summed E-state index contributed by atoms with van der Waals surface area (Å²) in [6, 6.07) is 4.60. The average molecular weight is 359 g/mol. The fourth-order valence-electron chi connectivity index (χ4n) is 5.24. The Morgan fingerprint density at radius 2 is 1.88 bits per heavy atom. The van der Waals surface area contributed by atoms with Gasteiger partial charge in [0.2, 0.25) is 0 Å². The molecule has 0 radical (unpaired) electrons. The van der Waals surface area contributed by atoms with E-state index >= 15 is 0 Å².